The average molecular weight is 381 g/mol. The first kappa shape index (κ1) is 21.5. The molecule has 0 saturated carbocycles. The number of aliphatic imine (C=N–C) groups is 1. The van der Waals surface area contributed by atoms with Crippen molar-refractivity contribution in [1.29, 1.82) is 0 Å². The van der Waals surface area contributed by atoms with E-state index in [2.05, 4.69) is 66.0 Å². The van der Waals surface area contributed by atoms with E-state index in [4.69, 9.17) is 0 Å². The van der Waals surface area contributed by atoms with Crippen LogP contribution in [0.1, 0.15) is 54.2 Å². The Morgan fingerprint density at radius 2 is 1.79 bits per heavy atom. The van der Waals surface area contributed by atoms with Crippen LogP contribution in [-0.4, -0.2) is 24.5 Å². The molecular formula is C23H32N4O. The number of carbonyl (C=O) groups excluding carboxylic acids is 1. The molecule has 2 aromatic carbocycles. The van der Waals surface area contributed by atoms with Gasteiger partial charge in [-0.05, 0) is 50.5 Å². The fourth-order valence-corrected chi connectivity index (χ4v) is 2.69. The van der Waals surface area contributed by atoms with Crippen LogP contribution < -0.4 is 16.0 Å². The highest BCUT2D eigenvalue weighted by Crippen LogP contribution is 2.07. The molecule has 5 heteroatoms. The lowest BCUT2D eigenvalue weighted by Gasteiger charge is -2.13. The molecule has 0 saturated heterocycles. The quantitative estimate of drug-likeness (QED) is 0.482. The number of guanidine groups is 1. The molecule has 0 aliphatic rings. The third-order valence-electron chi connectivity index (χ3n) is 4.51. The van der Waals surface area contributed by atoms with E-state index < -0.39 is 0 Å². The Labute approximate surface area is 168 Å². The summed E-state index contributed by atoms with van der Waals surface area (Å²) in [5, 5.41) is 9.61. The molecule has 0 heterocycles. The summed E-state index contributed by atoms with van der Waals surface area (Å²) in [4.78, 5) is 16.8. The number of aryl methyl sites for hydroxylation is 1. The lowest BCUT2D eigenvalue weighted by Crippen LogP contribution is -2.36. The topological polar surface area (TPSA) is 65.5 Å². The number of hydrogen-bond acceptors (Lipinski definition) is 2. The highest BCUT2D eigenvalue weighted by atomic mass is 16.1. The van der Waals surface area contributed by atoms with Crippen LogP contribution in [0.3, 0.4) is 0 Å². The van der Waals surface area contributed by atoms with Gasteiger partial charge in [-0.2, -0.15) is 0 Å². The van der Waals surface area contributed by atoms with Gasteiger partial charge in [0.1, 0.15) is 0 Å². The van der Waals surface area contributed by atoms with Gasteiger partial charge in [-0.25, -0.2) is 4.99 Å². The van der Waals surface area contributed by atoms with Crippen molar-refractivity contribution in [3.63, 3.8) is 0 Å². The summed E-state index contributed by atoms with van der Waals surface area (Å²) in [6.45, 7) is 10.3. The highest BCUT2D eigenvalue weighted by molar-refractivity contribution is 5.94. The number of nitrogens with one attached hydrogen (secondary N) is 3. The smallest absolute Gasteiger partial charge is 0.251 e. The largest absolute Gasteiger partial charge is 0.357 e. The second-order valence-electron chi connectivity index (χ2n) is 7.02. The Morgan fingerprint density at radius 1 is 1.04 bits per heavy atom. The molecule has 0 spiro atoms. The van der Waals surface area contributed by atoms with Gasteiger partial charge < -0.3 is 16.0 Å². The summed E-state index contributed by atoms with van der Waals surface area (Å²) in [6, 6.07) is 16.2. The van der Waals surface area contributed by atoms with E-state index in [9.17, 15) is 4.79 Å². The molecule has 2 aromatic rings. The van der Waals surface area contributed by atoms with E-state index in [1.54, 1.807) is 0 Å². The molecule has 3 N–H and O–H groups in total. The molecule has 0 fully saturated rings. The van der Waals surface area contributed by atoms with Gasteiger partial charge in [0.05, 0.1) is 6.54 Å². The molecule has 2 rings (SSSR count). The van der Waals surface area contributed by atoms with Crippen molar-refractivity contribution in [3.8, 4) is 0 Å². The third-order valence-corrected chi connectivity index (χ3v) is 4.51. The lowest BCUT2D eigenvalue weighted by molar-refractivity contribution is 0.0939. The molecule has 0 aliphatic carbocycles. The van der Waals surface area contributed by atoms with Gasteiger partial charge in [0.2, 0.25) is 0 Å². The Balaban J connectivity index is 1.93. The highest BCUT2D eigenvalue weighted by Gasteiger charge is 2.08. The molecule has 28 heavy (non-hydrogen) atoms. The maximum atomic E-state index is 12.2. The standard InChI is InChI=1S/C23H32N4O/c1-5-18(4)27-22(28)21-12-10-19(11-13-21)15-25-23(24-6-2)26-16-20-9-7-8-17(3)14-20/h7-14,18H,5-6,15-16H2,1-4H3,(H,27,28)(H2,24,25,26). The molecule has 150 valence electrons. The second kappa shape index (κ2) is 11.1. The monoisotopic (exact) mass is 380 g/mol. The summed E-state index contributed by atoms with van der Waals surface area (Å²) in [6.07, 6.45) is 0.919. The predicted octanol–water partition coefficient (Wildman–Crippen LogP) is 3.78. The van der Waals surface area contributed by atoms with Gasteiger partial charge in [0.15, 0.2) is 5.96 Å². The zero-order chi connectivity index (χ0) is 20.4. The van der Waals surface area contributed by atoms with Crippen LogP contribution in [0.15, 0.2) is 53.5 Å². The van der Waals surface area contributed by atoms with Crippen molar-refractivity contribution in [3.05, 3.63) is 70.8 Å². The van der Waals surface area contributed by atoms with E-state index in [1.807, 2.05) is 31.2 Å². The molecule has 1 atom stereocenters. The number of carbonyl (C=O) groups is 1. The Kier molecular flexibility index (Phi) is 8.53. The number of rotatable bonds is 8. The number of benzene rings is 2. The van der Waals surface area contributed by atoms with Crippen molar-refractivity contribution >= 4 is 11.9 Å². The first-order valence-corrected chi connectivity index (χ1v) is 9.99. The zero-order valence-electron chi connectivity index (χ0n) is 17.4. The predicted molar refractivity (Wildman–Crippen MR) is 116 cm³/mol. The Bertz CT molecular complexity index is 783. The van der Waals surface area contributed by atoms with E-state index in [-0.39, 0.29) is 11.9 Å². The molecule has 1 unspecified atom stereocenters. The van der Waals surface area contributed by atoms with E-state index in [0.717, 1.165) is 24.5 Å². The molecule has 0 bridgehead atoms. The van der Waals surface area contributed by atoms with E-state index >= 15 is 0 Å². The number of nitrogens with zero attached hydrogens (tertiary/aromatic N) is 1. The number of amides is 1. The van der Waals surface area contributed by atoms with Gasteiger partial charge in [-0.3, -0.25) is 4.79 Å². The van der Waals surface area contributed by atoms with E-state index in [1.165, 1.54) is 11.1 Å². The molecule has 0 aliphatic heterocycles. The Morgan fingerprint density at radius 3 is 2.43 bits per heavy atom. The summed E-state index contributed by atoms with van der Waals surface area (Å²) in [5.74, 6) is 0.754. The minimum absolute atomic E-state index is 0.0260. The van der Waals surface area contributed by atoms with Crippen molar-refractivity contribution < 1.29 is 4.79 Å². The first-order valence-electron chi connectivity index (χ1n) is 9.99. The van der Waals surface area contributed by atoms with E-state index in [0.29, 0.717) is 18.7 Å². The fourth-order valence-electron chi connectivity index (χ4n) is 2.69. The van der Waals surface area contributed by atoms with Crippen LogP contribution in [0.4, 0.5) is 0 Å². The molecule has 5 nitrogen and oxygen atoms in total. The van der Waals surface area contributed by atoms with Crippen molar-refractivity contribution in [2.24, 2.45) is 4.99 Å². The normalized spacial score (nSPS) is 12.4. The lowest BCUT2D eigenvalue weighted by atomic mass is 10.1. The fraction of sp³-hybridized carbons (Fsp3) is 0.391. The second-order valence-corrected chi connectivity index (χ2v) is 7.02. The summed E-state index contributed by atoms with van der Waals surface area (Å²) >= 11 is 0. The van der Waals surface area contributed by atoms with Gasteiger partial charge in [0, 0.05) is 24.7 Å². The van der Waals surface area contributed by atoms with Gasteiger partial charge in [-0.1, -0.05) is 48.9 Å². The first-order chi connectivity index (χ1) is 13.5. The van der Waals surface area contributed by atoms with Gasteiger partial charge >= 0.3 is 0 Å². The van der Waals surface area contributed by atoms with Crippen LogP contribution in [0, 0.1) is 6.92 Å². The minimum atomic E-state index is -0.0260. The maximum Gasteiger partial charge on any atom is 0.251 e. The summed E-state index contributed by atoms with van der Waals surface area (Å²) in [7, 11) is 0. The van der Waals surface area contributed by atoms with Crippen LogP contribution in [-0.2, 0) is 13.1 Å². The molecule has 1 amide bonds. The van der Waals surface area contributed by atoms with Crippen molar-refractivity contribution in [2.45, 2.75) is 53.2 Å². The van der Waals surface area contributed by atoms with Crippen molar-refractivity contribution in [2.75, 3.05) is 6.54 Å². The van der Waals surface area contributed by atoms with Gasteiger partial charge in [-0.15, -0.1) is 0 Å². The van der Waals surface area contributed by atoms with Crippen LogP contribution in [0.5, 0.6) is 0 Å². The summed E-state index contributed by atoms with van der Waals surface area (Å²) < 4.78 is 0. The Hall–Kier alpha value is -2.82. The van der Waals surface area contributed by atoms with Gasteiger partial charge in [0.25, 0.3) is 5.91 Å². The number of hydrogen-bond donors (Lipinski definition) is 3. The molecular weight excluding hydrogens is 348 g/mol. The van der Waals surface area contributed by atoms with Crippen molar-refractivity contribution in [1.82, 2.24) is 16.0 Å². The molecule has 0 aromatic heterocycles. The SMILES string of the molecule is CCNC(=NCc1cccc(C)c1)NCc1ccc(C(=O)NC(C)CC)cc1. The molecule has 0 radical (unpaired) electrons. The third kappa shape index (κ3) is 7.06. The van der Waals surface area contributed by atoms with Crippen LogP contribution in [0.2, 0.25) is 0 Å². The minimum Gasteiger partial charge on any atom is -0.357 e. The van der Waals surface area contributed by atoms with Crippen LogP contribution >= 0.6 is 0 Å². The maximum absolute atomic E-state index is 12.2. The zero-order valence-corrected chi connectivity index (χ0v) is 17.4. The summed E-state index contributed by atoms with van der Waals surface area (Å²) in [5.41, 5.74) is 4.21. The average Bonchev–Trinajstić information content (AvgIpc) is 2.70. The van der Waals surface area contributed by atoms with Crippen LogP contribution in [0.25, 0.3) is 0 Å².